The molecule has 2 N–H and O–H groups in total. The van der Waals surface area contributed by atoms with Crippen LogP contribution in [0, 0.1) is 12.4 Å². The van der Waals surface area contributed by atoms with E-state index in [0.29, 0.717) is 0 Å². The Morgan fingerprint density at radius 1 is 1.37 bits per heavy atom. The van der Waals surface area contributed by atoms with Gasteiger partial charge in [-0.25, -0.2) is 19.7 Å². The van der Waals surface area contributed by atoms with Crippen molar-refractivity contribution in [2.75, 3.05) is 13.3 Å². The molecule has 0 spiro atoms. The summed E-state index contributed by atoms with van der Waals surface area (Å²) in [5.41, 5.74) is 3.31. The van der Waals surface area contributed by atoms with Gasteiger partial charge in [-0.15, -0.1) is 0 Å². The predicted molar refractivity (Wildman–Crippen MR) is 64.9 cm³/mol. The highest BCUT2D eigenvalue weighted by Crippen LogP contribution is 2.39. The molecule has 0 aliphatic rings. The van der Waals surface area contributed by atoms with Crippen LogP contribution in [0.4, 0.5) is 13.2 Å². The Morgan fingerprint density at radius 3 is 2.53 bits per heavy atom. The second kappa shape index (κ2) is 6.04. The molecule has 1 aromatic rings. The molecule has 0 radical (unpaired) electrons. The molecule has 0 unspecified atom stereocenters. The van der Waals surface area contributed by atoms with E-state index in [-0.39, 0.29) is 12.0 Å². The maximum atomic E-state index is 14.1. The van der Waals surface area contributed by atoms with Crippen LogP contribution in [0.3, 0.4) is 0 Å². The van der Waals surface area contributed by atoms with E-state index >= 15 is 0 Å². The summed E-state index contributed by atoms with van der Waals surface area (Å²) in [5, 5.41) is 0. The van der Waals surface area contributed by atoms with Crippen LogP contribution in [-0.4, -0.2) is 19.3 Å². The fraction of sp³-hybridized carbons (Fsp3) is 0.462. The van der Waals surface area contributed by atoms with Crippen molar-refractivity contribution in [2.45, 2.75) is 24.8 Å². The van der Waals surface area contributed by atoms with Crippen molar-refractivity contribution < 1.29 is 17.9 Å². The van der Waals surface area contributed by atoms with Crippen LogP contribution < -0.4 is 5.73 Å². The molecule has 1 rings (SSSR count). The van der Waals surface area contributed by atoms with Gasteiger partial charge in [-0.1, -0.05) is 25.1 Å². The standard InChI is InChI=1S/C13H15F3N2O/c1-3-12(17,10-6-4-5-7-11(10)14)13(15,16)8-19-9-18-2/h4-7H,3,8-9,17H2,1H3/t12-/m1/s1. The SMILES string of the molecule is [C-]#[N+]COCC(F)(F)[C@@](N)(CC)c1ccccc1F. The monoisotopic (exact) mass is 272 g/mol. The van der Waals surface area contributed by atoms with Gasteiger partial charge in [0.15, 0.2) is 0 Å². The van der Waals surface area contributed by atoms with Gasteiger partial charge in [-0.2, -0.15) is 0 Å². The van der Waals surface area contributed by atoms with Crippen molar-refractivity contribution in [1.82, 2.24) is 0 Å². The second-order valence-corrected chi connectivity index (χ2v) is 4.14. The zero-order valence-electron chi connectivity index (χ0n) is 10.5. The van der Waals surface area contributed by atoms with Crippen molar-refractivity contribution in [3.05, 3.63) is 47.1 Å². The van der Waals surface area contributed by atoms with E-state index in [1.54, 1.807) is 0 Å². The molecule has 0 aliphatic heterocycles. The smallest absolute Gasteiger partial charge is 0.316 e. The van der Waals surface area contributed by atoms with Gasteiger partial charge in [0.05, 0.1) is 0 Å². The van der Waals surface area contributed by atoms with E-state index < -0.39 is 30.6 Å². The molecule has 0 amide bonds. The first-order valence-corrected chi connectivity index (χ1v) is 5.71. The van der Waals surface area contributed by atoms with Crippen LogP contribution in [0.15, 0.2) is 24.3 Å². The van der Waals surface area contributed by atoms with Crippen LogP contribution in [-0.2, 0) is 10.3 Å². The number of ether oxygens (including phenoxy) is 1. The normalized spacial score (nSPS) is 14.7. The fourth-order valence-corrected chi connectivity index (χ4v) is 1.82. The highest BCUT2D eigenvalue weighted by Gasteiger charge is 2.52. The minimum atomic E-state index is -3.48. The molecule has 0 aliphatic carbocycles. The molecule has 0 saturated heterocycles. The molecule has 3 nitrogen and oxygen atoms in total. The van der Waals surface area contributed by atoms with Gasteiger partial charge in [0.2, 0.25) is 0 Å². The predicted octanol–water partition coefficient (Wildman–Crippen LogP) is 2.92. The third-order valence-corrected chi connectivity index (χ3v) is 3.00. The Kier molecular flexibility index (Phi) is 4.92. The Labute approximate surface area is 110 Å². The van der Waals surface area contributed by atoms with E-state index in [9.17, 15) is 13.2 Å². The van der Waals surface area contributed by atoms with Crippen LogP contribution >= 0.6 is 0 Å². The van der Waals surface area contributed by atoms with Crippen molar-refractivity contribution in [1.29, 1.82) is 0 Å². The van der Waals surface area contributed by atoms with Crippen LogP contribution in [0.25, 0.3) is 4.85 Å². The number of rotatable bonds is 6. The second-order valence-electron chi connectivity index (χ2n) is 4.14. The van der Waals surface area contributed by atoms with E-state index in [1.165, 1.54) is 25.1 Å². The summed E-state index contributed by atoms with van der Waals surface area (Å²) in [7, 11) is 0. The van der Waals surface area contributed by atoms with Gasteiger partial charge in [0, 0.05) is 5.56 Å². The van der Waals surface area contributed by atoms with Gasteiger partial charge in [0.1, 0.15) is 18.0 Å². The van der Waals surface area contributed by atoms with Gasteiger partial charge < -0.3 is 10.5 Å². The molecule has 0 heterocycles. The van der Waals surface area contributed by atoms with E-state index in [0.717, 1.165) is 6.07 Å². The summed E-state index contributed by atoms with van der Waals surface area (Å²) in [6.45, 7) is 6.43. The number of hydrogen-bond acceptors (Lipinski definition) is 2. The molecule has 0 aromatic heterocycles. The van der Waals surface area contributed by atoms with E-state index in [1.807, 2.05) is 0 Å². The Hall–Kier alpha value is -1.58. The third-order valence-electron chi connectivity index (χ3n) is 3.00. The Morgan fingerprint density at radius 2 is 2.00 bits per heavy atom. The zero-order chi connectivity index (χ0) is 14.5. The van der Waals surface area contributed by atoms with Crippen LogP contribution in [0.5, 0.6) is 0 Å². The minimum absolute atomic E-state index is 0.164. The van der Waals surface area contributed by atoms with Crippen LogP contribution in [0.2, 0.25) is 0 Å². The highest BCUT2D eigenvalue weighted by atomic mass is 19.3. The van der Waals surface area contributed by atoms with Crippen molar-refractivity contribution >= 4 is 0 Å². The third kappa shape index (κ3) is 3.06. The number of nitrogens with zero attached hydrogens (tertiary/aromatic N) is 1. The average Bonchev–Trinajstić information content (AvgIpc) is 2.38. The number of halogens is 3. The van der Waals surface area contributed by atoms with Crippen LogP contribution in [0.1, 0.15) is 18.9 Å². The molecule has 1 atom stereocenters. The fourth-order valence-electron chi connectivity index (χ4n) is 1.82. The summed E-state index contributed by atoms with van der Waals surface area (Å²) in [6.07, 6.45) is -0.164. The zero-order valence-corrected chi connectivity index (χ0v) is 10.5. The summed E-state index contributed by atoms with van der Waals surface area (Å²) >= 11 is 0. The summed E-state index contributed by atoms with van der Waals surface area (Å²) in [4.78, 5) is 2.82. The number of hydrogen-bond donors (Lipinski definition) is 1. The van der Waals surface area contributed by atoms with E-state index in [2.05, 4.69) is 9.58 Å². The first-order valence-electron chi connectivity index (χ1n) is 5.71. The molecular formula is C13H15F3N2O. The van der Waals surface area contributed by atoms with Gasteiger partial charge >= 0.3 is 6.73 Å². The minimum Gasteiger partial charge on any atom is -0.316 e. The molecule has 19 heavy (non-hydrogen) atoms. The number of benzene rings is 1. The first kappa shape index (κ1) is 15.5. The molecule has 1 aromatic carbocycles. The largest absolute Gasteiger partial charge is 0.318 e. The summed E-state index contributed by atoms with van der Waals surface area (Å²) in [6, 6.07) is 5.18. The molecule has 104 valence electrons. The lowest BCUT2D eigenvalue weighted by Crippen LogP contribution is -2.55. The van der Waals surface area contributed by atoms with Crippen molar-refractivity contribution in [3.8, 4) is 0 Å². The van der Waals surface area contributed by atoms with Crippen molar-refractivity contribution in [2.24, 2.45) is 5.73 Å². The van der Waals surface area contributed by atoms with Gasteiger partial charge in [0.25, 0.3) is 5.92 Å². The van der Waals surface area contributed by atoms with E-state index in [4.69, 9.17) is 12.3 Å². The first-order chi connectivity index (χ1) is 8.89. The maximum absolute atomic E-state index is 14.1. The molecule has 0 saturated carbocycles. The lowest BCUT2D eigenvalue weighted by Gasteiger charge is -2.36. The molecule has 6 heteroatoms. The molecular weight excluding hydrogens is 257 g/mol. The molecule has 0 fully saturated rings. The summed E-state index contributed by atoms with van der Waals surface area (Å²) < 4.78 is 46.5. The molecule has 0 bridgehead atoms. The number of alkyl halides is 2. The number of nitrogens with two attached hydrogens (primary N) is 1. The quantitative estimate of drug-likeness (QED) is 0.639. The van der Waals surface area contributed by atoms with Gasteiger partial charge in [-0.3, -0.25) is 4.85 Å². The lowest BCUT2D eigenvalue weighted by molar-refractivity contribution is -0.130. The highest BCUT2D eigenvalue weighted by molar-refractivity contribution is 5.28. The maximum Gasteiger partial charge on any atom is 0.318 e. The van der Waals surface area contributed by atoms with Gasteiger partial charge in [-0.05, 0) is 12.5 Å². The Balaban J connectivity index is 3.09. The topological polar surface area (TPSA) is 39.6 Å². The summed E-state index contributed by atoms with van der Waals surface area (Å²) in [5.74, 6) is -4.26. The lowest BCUT2D eigenvalue weighted by atomic mass is 9.82. The Bertz CT molecular complexity index is 473. The average molecular weight is 272 g/mol. The van der Waals surface area contributed by atoms with Crippen molar-refractivity contribution in [3.63, 3.8) is 0 Å².